The van der Waals surface area contributed by atoms with Crippen LogP contribution in [-0.2, 0) is 14.3 Å². The van der Waals surface area contributed by atoms with Crippen molar-refractivity contribution in [2.75, 3.05) is 12.4 Å². The van der Waals surface area contributed by atoms with E-state index in [1.165, 1.54) is 77.0 Å². The van der Waals surface area contributed by atoms with Gasteiger partial charge in [-0.25, -0.2) is 0 Å². The molecule has 0 bridgehead atoms. The average molecular weight is 403 g/mol. The van der Waals surface area contributed by atoms with Gasteiger partial charge in [-0.3, -0.25) is 4.18 Å². The van der Waals surface area contributed by atoms with Gasteiger partial charge < -0.3 is 0 Å². The minimum Gasteiger partial charge on any atom is -0.270 e. The van der Waals surface area contributed by atoms with Crippen molar-refractivity contribution < 1.29 is 12.6 Å². The molecule has 0 heterocycles. The van der Waals surface area contributed by atoms with Gasteiger partial charge in [0.2, 0.25) is 0 Å². The number of unbranched alkanes of at least 4 members (excludes halogenated alkanes) is 13. The zero-order valence-corrected chi connectivity index (χ0v) is 19.2. The number of allylic oxidation sites excluding steroid dienone is 2. The molecule has 0 aliphatic rings. The highest BCUT2D eigenvalue weighted by molar-refractivity contribution is 7.86. The molecule has 0 saturated heterocycles. The molecule has 27 heavy (non-hydrogen) atoms. The molecule has 0 aliphatic carbocycles. The highest BCUT2D eigenvalue weighted by Crippen LogP contribution is 2.11. The van der Waals surface area contributed by atoms with Crippen LogP contribution < -0.4 is 0 Å². The van der Waals surface area contributed by atoms with Crippen molar-refractivity contribution in [3.63, 3.8) is 0 Å². The molecule has 0 rings (SSSR count). The van der Waals surface area contributed by atoms with Crippen molar-refractivity contribution >= 4 is 10.1 Å². The van der Waals surface area contributed by atoms with E-state index in [-0.39, 0.29) is 11.7 Å². The normalized spacial score (nSPS) is 12.4. The highest BCUT2D eigenvalue weighted by Gasteiger charge is 2.11. The summed E-state index contributed by atoms with van der Waals surface area (Å²) < 4.78 is 28.3. The molecule has 0 aliphatic heterocycles. The first-order valence-corrected chi connectivity index (χ1v) is 13.1. The zero-order chi connectivity index (χ0) is 20.2. The largest absolute Gasteiger partial charge is 0.270 e. The van der Waals surface area contributed by atoms with E-state index in [2.05, 4.69) is 19.1 Å². The molecular weight excluding hydrogens is 356 g/mol. The molecule has 0 atom stereocenters. The summed E-state index contributed by atoms with van der Waals surface area (Å²) in [6, 6.07) is 0. The van der Waals surface area contributed by atoms with Crippen LogP contribution in [0.3, 0.4) is 0 Å². The van der Waals surface area contributed by atoms with E-state index in [0.717, 1.165) is 19.3 Å². The van der Waals surface area contributed by atoms with Gasteiger partial charge in [-0.2, -0.15) is 8.42 Å². The quantitative estimate of drug-likeness (QED) is 0.121. The molecule has 0 aromatic carbocycles. The predicted octanol–water partition coefficient (Wildman–Crippen LogP) is 7.42. The Balaban J connectivity index is 3.30. The van der Waals surface area contributed by atoms with Gasteiger partial charge in [-0.05, 0) is 38.0 Å². The lowest BCUT2D eigenvalue weighted by molar-refractivity contribution is 0.274. The lowest BCUT2D eigenvalue weighted by Crippen LogP contribution is -2.14. The molecule has 0 fully saturated rings. The van der Waals surface area contributed by atoms with Crippen LogP contribution >= 0.6 is 0 Å². The lowest BCUT2D eigenvalue weighted by atomic mass is 10.1. The molecule has 4 heteroatoms. The molecule has 162 valence electrons. The second-order valence-corrected chi connectivity index (χ2v) is 9.99. The fraction of sp³-hybridized carbons (Fsp3) is 0.913. The first-order chi connectivity index (χ1) is 13.0. The van der Waals surface area contributed by atoms with Crippen molar-refractivity contribution in [2.24, 2.45) is 5.92 Å². The van der Waals surface area contributed by atoms with Crippen LogP contribution in [-0.4, -0.2) is 20.8 Å². The Morgan fingerprint density at radius 2 is 1.15 bits per heavy atom. The summed E-state index contributed by atoms with van der Waals surface area (Å²) in [5, 5.41) is 0. The molecule has 0 N–H and O–H groups in total. The van der Waals surface area contributed by atoms with E-state index in [1.54, 1.807) is 0 Å². The topological polar surface area (TPSA) is 43.4 Å². The van der Waals surface area contributed by atoms with Gasteiger partial charge in [0.25, 0.3) is 10.1 Å². The molecule has 0 unspecified atom stereocenters. The van der Waals surface area contributed by atoms with Crippen LogP contribution in [0.2, 0.25) is 0 Å². The van der Waals surface area contributed by atoms with Crippen LogP contribution in [0, 0.1) is 5.92 Å². The standard InChI is InChI=1S/C23H46O3S/c1-4-5-6-7-8-9-10-11-12-13-14-15-16-17-18-19-20-21-27(24,25)26-22-23(2)3/h11-12,23H,4-10,13-22H2,1-3H3/b12-11-. The fourth-order valence-electron chi connectivity index (χ4n) is 3.00. The minimum atomic E-state index is -3.30. The Bertz CT molecular complexity index is 427. The maximum atomic E-state index is 11.7. The van der Waals surface area contributed by atoms with Crippen LogP contribution in [0.4, 0.5) is 0 Å². The summed E-state index contributed by atoms with van der Waals surface area (Å²) in [5.41, 5.74) is 0. The SMILES string of the molecule is CCCCCCCC/C=C\CCCCCCCCCS(=O)(=O)OCC(C)C. The van der Waals surface area contributed by atoms with E-state index in [9.17, 15) is 8.42 Å². The average Bonchev–Trinajstić information content (AvgIpc) is 2.62. The summed E-state index contributed by atoms with van der Waals surface area (Å²) in [5.74, 6) is 0.425. The molecule has 0 radical (unpaired) electrons. The van der Waals surface area contributed by atoms with Crippen molar-refractivity contribution in [3.8, 4) is 0 Å². The van der Waals surface area contributed by atoms with Crippen molar-refractivity contribution in [1.82, 2.24) is 0 Å². The molecular formula is C23H46O3S. The monoisotopic (exact) mass is 402 g/mol. The van der Waals surface area contributed by atoms with Crippen LogP contribution in [0.15, 0.2) is 12.2 Å². The molecule has 0 aromatic heterocycles. The van der Waals surface area contributed by atoms with E-state index in [0.29, 0.717) is 6.61 Å². The van der Waals surface area contributed by atoms with E-state index < -0.39 is 10.1 Å². The van der Waals surface area contributed by atoms with E-state index >= 15 is 0 Å². The zero-order valence-electron chi connectivity index (χ0n) is 18.4. The van der Waals surface area contributed by atoms with Gasteiger partial charge >= 0.3 is 0 Å². The van der Waals surface area contributed by atoms with E-state index in [4.69, 9.17) is 4.18 Å². The van der Waals surface area contributed by atoms with Gasteiger partial charge in [-0.1, -0.05) is 97.1 Å². The third-order valence-electron chi connectivity index (χ3n) is 4.74. The second kappa shape index (κ2) is 19.0. The minimum absolute atomic E-state index is 0.170. The van der Waals surface area contributed by atoms with Gasteiger partial charge in [-0.15, -0.1) is 0 Å². The summed E-state index contributed by atoms with van der Waals surface area (Å²) in [4.78, 5) is 0. The number of rotatable bonds is 20. The lowest BCUT2D eigenvalue weighted by Gasteiger charge is -2.07. The third-order valence-corrected chi connectivity index (χ3v) is 6.02. The molecule has 0 amide bonds. The Hall–Kier alpha value is -0.350. The second-order valence-electron chi connectivity index (χ2n) is 8.23. The summed E-state index contributed by atoms with van der Waals surface area (Å²) in [6.07, 6.45) is 23.3. The fourth-order valence-corrected chi connectivity index (χ4v) is 4.16. The van der Waals surface area contributed by atoms with Gasteiger partial charge in [0.1, 0.15) is 0 Å². The van der Waals surface area contributed by atoms with Gasteiger partial charge in [0.15, 0.2) is 0 Å². The number of hydrogen-bond donors (Lipinski definition) is 0. The molecule has 0 saturated carbocycles. The first-order valence-electron chi connectivity index (χ1n) is 11.5. The predicted molar refractivity (Wildman–Crippen MR) is 119 cm³/mol. The van der Waals surface area contributed by atoms with Gasteiger partial charge in [0.05, 0.1) is 12.4 Å². The molecule has 0 spiro atoms. The Morgan fingerprint density at radius 3 is 1.63 bits per heavy atom. The Labute approximate surface area is 170 Å². The summed E-state index contributed by atoms with van der Waals surface area (Å²) in [6.45, 7) is 6.48. The highest BCUT2D eigenvalue weighted by atomic mass is 32.2. The van der Waals surface area contributed by atoms with Crippen LogP contribution in [0.25, 0.3) is 0 Å². The Kier molecular flexibility index (Phi) is 18.7. The van der Waals surface area contributed by atoms with E-state index in [1.807, 2.05) is 13.8 Å². The van der Waals surface area contributed by atoms with Crippen molar-refractivity contribution in [2.45, 2.75) is 117 Å². The molecule has 3 nitrogen and oxygen atoms in total. The van der Waals surface area contributed by atoms with Crippen molar-refractivity contribution in [1.29, 1.82) is 0 Å². The molecule has 0 aromatic rings. The summed E-state index contributed by atoms with van der Waals surface area (Å²) in [7, 11) is -3.30. The smallest absolute Gasteiger partial charge is 0.267 e. The summed E-state index contributed by atoms with van der Waals surface area (Å²) >= 11 is 0. The van der Waals surface area contributed by atoms with Crippen LogP contribution in [0.1, 0.15) is 117 Å². The maximum absolute atomic E-state index is 11.7. The van der Waals surface area contributed by atoms with Crippen LogP contribution in [0.5, 0.6) is 0 Å². The van der Waals surface area contributed by atoms with Crippen molar-refractivity contribution in [3.05, 3.63) is 12.2 Å². The number of hydrogen-bond acceptors (Lipinski definition) is 3. The van der Waals surface area contributed by atoms with Gasteiger partial charge in [0, 0.05) is 0 Å². The maximum Gasteiger partial charge on any atom is 0.267 e. The first kappa shape index (κ1) is 26.6. The third kappa shape index (κ3) is 21.8. The Morgan fingerprint density at radius 1 is 0.704 bits per heavy atom.